The second-order valence-electron chi connectivity index (χ2n) is 7.16. The monoisotopic (exact) mass is 444 g/mol. The second kappa shape index (κ2) is 9.49. The number of nitrogens with one attached hydrogen (secondary N) is 2. The average molecular weight is 445 g/mol. The fraction of sp³-hybridized carbons (Fsp3) is 0.0800. The van der Waals surface area contributed by atoms with Gasteiger partial charge in [0, 0.05) is 28.6 Å². The highest BCUT2D eigenvalue weighted by atomic mass is 35.5. The number of ether oxygens (including phenoxy) is 1. The van der Waals surface area contributed by atoms with Gasteiger partial charge in [0.1, 0.15) is 17.9 Å². The summed E-state index contributed by atoms with van der Waals surface area (Å²) in [4.78, 5) is 21.4. The lowest BCUT2D eigenvalue weighted by Gasteiger charge is -2.10. The molecule has 3 aromatic carbocycles. The van der Waals surface area contributed by atoms with E-state index in [1.54, 1.807) is 43.5 Å². The zero-order valence-electron chi connectivity index (χ0n) is 17.6. The van der Waals surface area contributed by atoms with E-state index in [1.165, 1.54) is 11.9 Å². The molecule has 7 heteroatoms. The fourth-order valence-electron chi connectivity index (χ4n) is 3.14. The van der Waals surface area contributed by atoms with E-state index in [-0.39, 0.29) is 5.91 Å². The van der Waals surface area contributed by atoms with E-state index in [0.29, 0.717) is 27.8 Å². The first-order chi connectivity index (χ1) is 15.5. The van der Waals surface area contributed by atoms with Gasteiger partial charge in [-0.05, 0) is 43.3 Å². The summed E-state index contributed by atoms with van der Waals surface area (Å²) in [5.74, 6) is 0.929. The maximum atomic E-state index is 12.7. The Morgan fingerprint density at radius 3 is 2.50 bits per heavy atom. The van der Waals surface area contributed by atoms with Gasteiger partial charge in [-0.2, -0.15) is 0 Å². The number of hydrogen-bond acceptors (Lipinski definition) is 5. The molecule has 0 aliphatic heterocycles. The maximum absolute atomic E-state index is 12.7. The van der Waals surface area contributed by atoms with Gasteiger partial charge in [0.15, 0.2) is 0 Å². The smallest absolute Gasteiger partial charge is 0.255 e. The molecule has 1 heterocycles. The predicted octanol–water partition coefficient (Wildman–Crippen LogP) is 6.11. The van der Waals surface area contributed by atoms with Gasteiger partial charge in [0.05, 0.1) is 17.8 Å². The van der Waals surface area contributed by atoms with Crippen molar-refractivity contribution >= 4 is 34.7 Å². The first kappa shape index (κ1) is 21.3. The average Bonchev–Trinajstić information content (AvgIpc) is 2.80. The maximum Gasteiger partial charge on any atom is 0.255 e. The summed E-state index contributed by atoms with van der Waals surface area (Å²) >= 11 is 6.14. The van der Waals surface area contributed by atoms with E-state index in [4.69, 9.17) is 16.3 Å². The SMILES string of the molecule is COc1ccc(NC(=O)c2cccc(Nc3cc(-c4ccc(C)cc4)ncn3)c2)cc1Cl. The summed E-state index contributed by atoms with van der Waals surface area (Å²) in [5, 5.41) is 6.51. The van der Waals surface area contributed by atoms with Gasteiger partial charge in [0.2, 0.25) is 0 Å². The topological polar surface area (TPSA) is 76.1 Å². The Morgan fingerprint density at radius 2 is 1.75 bits per heavy atom. The number of nitrogens with zero attached hydrogens (tertiary/aromatic N) is 2. The molecule has 6 nitrogen and oxygen atoms in total. The van der Waals surface area contributed by atoms with Crippen molar-refractivity contribution in [3.05, 3.63) is 95.3 Å². The Bertz CT molecular complexity index is 1260. The molecule has 0 saturated heterocycles. The normalized spacial score (nSPS) is 10.5. The van der Waals surface area contributed by atoms with Crippen molar-refractivity contribution in [3.8, 4) is 17.0 Å². The van der Waals surface area contributed by atoms with E-state index in [1.807, 2.05) is 43.3 Å². The number of carbonyl (C=O) groups is 1. The van der Waals surface area contributed by atoms with Gasteiger partial charge in [-0.15, -0.1) is 0 Å². The molecule has 1 amide bonds. The van der Waals surface area contributed by atoms with Crippen molar-refractivity contribution in [1.29, 1.82) is 0 Å². The molecule has 0 unspecified atom stereocenters. The minimum Gasteiger partial charge on any atom is -0.495 e. The van der Waals surface area contributed by atoms with Crippen LogP contribution >= 0.6 is 11.6 Å². The van der Waals surface area contributed by atoms with Crippen LogP contribution in [0.15, 0.2) is 79.1 Å². The lowest BCUT2D eigenvalue weighted by molar-refractivity contribution is 0.102. The van der Waals surface area contributed by atoms with Crippen LogP contribution in [-0.2, 0) is 0 Å². The van der Waals surface area contributed by atoms with Crippen LogP contribution in [0.25, 0.3) is 11.3 Å². The quantitative estimate of drug-likeness (QED) is 0.375. The van der Waals surface area contributed by atoms with Gasteiger partial charge in [-0.25, -0.2) is 9.97 Å². The molecule has 160 valence electrons. The third kappa shape index (κ3) is 5.04. The highest BCUT2D eigenvalue weighted by molar-refractivity contribution is 6.32. The fourth-order valence-corrected chi connectivity index (χ4v) is 3.40. The number of rotatable bonds is 6. The molecular weight excluding hydrogens is 424 g/mol. The zero-order valence-corrected chi connectivity index (χ0v) is 18.4. The number of carbonyl (C=O) groups excluding carboxylic acids is 1. The summed E-state index contributed by atoms with van der Waals surface area (Å²) in [7, 11) is 1.54. The van der Waals surface area contributed by atoms with Crippen molar-refractivity contribution in [3.63, 3.8) is 0 Å². The third-order valence-electron chi connectivity index (χ3n) is 4.82. The number of hydrogen-bond donors (Lipinski definition) is 2. The number of halogens is 1. The number of anilines is 3. The van der Waals surface area contributed by atoms with Crippen LogP contribution in [0.5, 0.6) is 5.75 Å². The lowest BCUT2D eigenvalue weighted by atomic mass is 10.1. The minimum atomic E-state index is -0.252. The number of aryl methyl sites for hydroxylation is 1. The number of methoxy groups -OCH3 is 1. The Balaban J connectivity index is 1.49. The molecule has 0 bridgehead atoms. The first-order valence-corrected chi connectivity index (χ1v) is 10.3. The summed E-state index contributed by atoms with van der Waals surface area (Å²) in [6.07, 6.45) is 1.52. The molecule has 0 radical (unpaired) electrons. The number of aromatic nitrogens is 2. The van der Waals surface area contributed by atoms with Crippen LogP contribution < -0.4 is 15.4 Å². The highest BCUT2D eigenvalue weighted by Crippen LogP contribution is 2.28. The van der Waals surface area contributed by atoms with E-state index >= 15 is 0 Å². The van der Waals surface area contributed by atoms with Gasteiger partial charge in [0.25, 0.3) is 5.91 Å². The molecule has 32 heavy (non-hydrogen) atoms. The lowest BCUT2D eigenvalue weighted by Crippen LogP contribution is -2.12. The summed E-state index contributed by atoms with van der Waals surface area (Å²) in [6.45, 7) is 2.04. The standard InChI is InChI=1S/C25H21ClN4O2/c1-16-6-8-17(9-7-16)22-14-24(28-15-27-22)29-19-5-3-4-18(12-19)25(31)30-20-10-11-23(32-2)21(26)13-20/h3-15H,1-2H3,(H,30,31)(H,27,28,29). The van der Waals surface area contributed by atoms with E-state index in [9.17, 15) is 4.79 Å². The summed E-state index contributed by atoms with van der Waals surface area (Å²) in [6, 6.07) is 22.3. The predicted molar refractivity (Wildman–Crippen MR) is 128 cm³/mol. The molecule has 2 N–H and O–H groups in total. The van der Waals surface area contributed by atoms with Crippen molar-refractivity contribution in [1.82, 2.24) is 9.97 Å². The molecule has 4 aromatic rings. The largest absolute Gasteiger partial charge is 0.495 e. The molecule has 4 rings (SSSR count). The molecule has 0 atom stereocenters. The third-order valence-corrected chi connectivity index (χ3v) is 5.12. The molecule has 0 spiro atoms. The van der Waals surface area contributed by atoms with Crippen molar-refractivity contribution in [2.45, 2.75) is 6.92 Å². The molecule has 0 saturated carbocycles. The van der Waals surface area contributed by atoms with E-state index < -0.39 is 0 Å². The van der Waals surface area contributed by atoms with Crippen molar-refractivity contribution < 1.29 is 9.53 Å². The Morgan fingerprint density at radius 1 is 0.938 bits per heavy atom. The molecule has 0 aliphatic rings. The van der Waals surface area contributed by atoms with Crippen molar-refractivity contribution in [2.75, 3.05) is 17.7 Å². The van der Waals surface area contributed by atoms with Gasteiger partial charge < -0.3 is 15.4 Å². The number of benzene rings is 3. The Labute approximate surface area is 191 Å². The minimum absolute atomic E-state index is 0.252. The molecule has 0 fully saturated rings. The van der Waals surface area contributed by atoms with Crippen LogP contribution in [0.1, 0.15) is 15.9 Å². The molecule has 1 aromatic heterocycles. The molecule has 0 aliphatic carbocycles. The van der Waals surface area contributed by atoms with Crippen LogP contribution in [0.2, 0.25) is 5.02 Å². The van der Waals surface area contributed by atoms with Crippen LogP contribution in [0.4, 0.5) is 17.2 Å². The van der Waals surface area contributed by atoms with E-state index in [2.05, 4.69) is 20.6 Å². The first-order valence-electron chi connectivity index (χ1n) is 9.93. The molecular formula is C25H21ClN4O2. The summed E-state index contributed by atoms with van der Waals surface area (Å²) < 4.78 is 5.14. The van der Waals surface area contributed by atoms with Gasteiger partial charge >= 0.3 is 0 Å². The number of amides is 1. The van der Waals surface area contributed by atoms with Crippen LogP contribution in [-0.4, -0.2) is 23.0 Å². The zero-order chi connectivity index (χ0) is 22.5. The van der Waals surface area contributed by atoms with Crippen molar-refractivity contribution in [2.24, 2.45) is 0 Å². The van der Waals surface area contributed by atoms with Gasteiger partial charge in [-0.3, -0.25) is 4.79 Å². The Hall–Kier alpha value is -3.90. The summed E-state index contributed by atoms with van der Waals surface area (Å²) in [5.41, 5.74) is 4.82. The highest BCUT2D eigenvalue weighted by Gasteiger charge is 2.10. The van der Waals surface area contributed by atoms with Crippen LogP contribution in [0, 0.1) is 6.92 Å². The Kier molecular flexibility index (Phi) is 6.33. The second-order valence-corrected chi connectivity index (χ2v) is 7.57. The van der Waals surface area contributed by atoms with Crippen LogP contribution in [0.3, 0.4) is 0 Å². The van der Waals surface area contributed by atoms with E-state index in [0.717, 1.165) is 16.9 Å². The van der Waals surface area contributed by atoms with Gasteiger partial charge in [-0.1, -0.05) is 47.5 Å².